The molecule has 1 heterocycles. The van der Waals surface area contributed by atoms with Crippen LogP contribution in [0.4, 0.5) is 0 Å². The van der Waals surface area contributed by atoms with Gasteiger partial charge in [0.25, 0.3) is 5.91 Å². The molecule has 1 aromatic rings. The van der Waals surface area contributed by atoms with Crippen LogP contribution >= 0.6 is 15.9 Å². The van der Waals surface area contributed by atoms with E-state index in [9.17, 15) is 4.79 Å². The summed E-state index contributed by atoms with van der Waals surface area (Å²) in [7, 11) is 0. The minimum Gasteiger partial charge on any atom is -0.336 e. The first-order valence-electron chi connectivity index (χ1n) is 5.00. The van der Waals surface area contributed by atoms with Gasteiger partial charge in [-0.3, -0.25) is 4.79 Å². The van der Waals surface area contributed by atoms with Crippen molar-refractivity contribution in [2.45, 2.75) is 25.8 Å². The van der Waals surface area contributed by atoms with Gasteiger partial charge in [-0.1, -0.05) is 13.3 Å². The molecule has 1 N–H and O–H groups in total. The van der Waals surface area contributed by atoms with Crippen LogP contribution in [0.15, 0.2) is 22.9 Å². The molecule has 1 atom stereocenters. The summed E-state index contributed by atoms with van der Waals surface area (Å²) < 4.78 is 0.487. The number of nitrogens with zero attached hydrogens (tertiary/aromatic N) is 2. The van der Waals surface area contributed by atoms with Crippen molar-refractivity contribution in [2.75, 3.05) is 0 Å². The molecule has 0 bridgehead atoms. The number of pyridine rings is 1. The van der Waals surface area contributed by atoms with Crippen molar-refractivity contribution in [1.82, 2.24) is 10.3 Å². The van der Waals surface area contributed by atoms with Crippen molar-refractivity contribution in [3.63, 3.8) is 0 Å². The fourth-order valence-electron chi connectivity index (χ4n) is 1.25. The third-order valence-corrected chi connectivity index (χ3v) is 2.67. The molecule has 0 aromatic carbocycles. The van der Waals surface area contributed by atoms with Gasteiger partial charge in [-0.2, -0.15) is 5.26 Å². The first kappa shape index (κ1) is 12.7. The van der Waals surface area contributed by atoms with E-state index in [4.69, 9.17) is 5.26 Å². The van der Waals surface area contributed by atoms with E-state index in [0.29, 0.717) is 16.6 Å². The maximum atomic E-state index is 11.8. The smallest absolute Gasteiger partial charge is 0.255 e. The highest BCUT2D eigenvalue weighted by Gasteiger charge is 2.14. The van der Waals surface area contributed by atoms with Crippen LogP contribution in [0, 0.1) is 11.3 Å². The zero-order valence-electron chi connectivity index (χ0n) is 8.90. The predicted octanol–water partition coefficient (Wildman–Crippen LogP) is 2.27. The fourth-order valence-corrected chi connectivity index (χ4v) is 1.68. The molecule has 0 fully saturated rings. The van der Waals surface area contributed by atoms with Crippen LogP contribution < -0.4 is 5.32 Å². The lowest BCUT2D eigenvalue weighted by atomic mass is 10.1. The standard InChI is InChI=1S/C11H12BrN3O/c1-2-4-8(7-13)15-11(16)9-5-3-6-14-10(9)12/h3,5-6,8H,2,4H2,1H3,(H,15,16). The molecule has 16 heavy (non-hydrogen) atoms. The summed E-state index contributed by atoms with van der Waals surface area (Å²) in [6, 6.07) is 4.96. The van der Waals surface area contributed by atoms with Crippen LogP contribution in [0.2, 0.25) is 0 Å². The Morgan fingerprint density at radius 1 is 1.75 bits per heavy atom. The first-order chi connectivity index (χ1) is 7.69. The van der Waals surface area contributed by atoms with Gasteiger partial charge in [-0.05, 0) is 34.5 Å². The predicted molar refractivity (Wildman–Crippen MR) is 63.7 cm³/mol. The van der Waals surface area contributed by atoms with Crippen LogP contribution in [0.25, 0.3) is 0 Å². The summed E-state index contributed by atoms with van der Waals surface area (Å²) in [5.41, 5.74) is 0.443. The van der Waals surface area contributed by atoms with Crippen LogP contribution in [0.3, 0.4) is 0 Å². The van der Waals surface area contributed by atoms with Crippen LogP contribution in [0.1, 0.15) is 30.1 Å². The fraction of sp³-hybridized carbons (Fsp3) is 0.364. The Bertz CT molecular complexity index is 414. The van der Waals surface area contributed by atoms with Crippen molar-refractivity contribution in [3.8, 4) is 6.07 Å². The van der Waals surface area contributed by atoms with Gasteiger partial charge in [0.05, 0.1) is 11.6 Å². The quantitative estimate of drug-likeness (QED) is 0.861. The Labute approximate surface area is 103 Å². The van der Waals surface area contributed by atoms with Gasteiger partial charge in [0, 0.05) is 6.20 Å². The minimum absolute atomic E-state index is 0.278. The zero-order chi connectivity index (χ0) is 12.0. The Morgan fingerprint density at radius 2 is 2.50 bits per heavy atom. The lowest BCUT2D eigenvalue weighted by Gasteiger charge is -2.10. The lowest BCUT2D eigenvalue weighted by molar-refractivity contribution is 0.0942. The van der Waals surface area contributed by atoms with E-state index in [2.05, 4.69) is 32.3 Å². The van der Waals surface area contributed by atoms with Crippen LogP contribution in [-0.4, -0.2) is 16.9 Å². The van der Waals surface area contributed by atoms with Crippen molar-refractivity contribution >= 4 is 21.8 Å². The number of aromatic nitrogens is 1. The van der Waals surface area contributed by atoms with Gasteiger partial charge in [-0.25, -0.2) is 4.98 Å². The number of nitriles is 1. The molecule has 0 aliphatic heterocycles. The number of halogens is 1. The van der Waals surface area contributed by atoms with Gasteiger partial charge >= 0.3 is 0 Å². The number of amides is 1. The molecule has 0 aliphatic rings. The largest absolute Gasteiger partial charge is 0.336 e. The second-order valence-electron chi connectivity index (χ2n) is 3.29. The SMILES string of the molecule is CCCC(C#N)NC(=O)c1cccnc1Br. The maximum absolute atomic E-state index is 11.8. The van der Waals surface area contributed by atoms with E-state index in [1.807, 2.05) is 6.92 Å². The van der Waals surface area contributed by atoms with Gasteiger partial charge in [-0.15, -0.1) is 0 Å². The summed E-state index contributed by atoms with van der Waals surface area (Å²) in [6.45, 7) is 1.97. The molecular formula is C11H12BrN3O. The third-order valence-electron chi connectivity index (χ3n) is 2.04. The van der Waals surface area contributed by atoms with Gasteiger partial charge in [0.15, 0.2) is 0 Å². The Balaban J connectivity index is 2.73. The molecule has 0 spiro atoms. The van der Waals surface area contributed by atoms with Gasteiger partial charge in [0.2, 0.25) is 0 Å². The zero-order valence-corrected chi connectivity index (χ0v) is 10.5. The summed E-state index contributed by atoms with van der Waals surface area (Å²) in [5, 5.41) is 11.5. The minimum atomic E-state index is -0.440. The number of hydrogen-bond donors (Lipinski definition) is 1. The molecule has 4 nitrogen and oxygen atoms in total. The molecule has 0 aliphatic carbocycles. The monoisotopic (exact) mass is 281 g/mol. The lowest BCUT2D eigenvalue weighted by Crippen LogP contribution is -2.33. The van der Waals surface area contributed by atoms with Crippen molar-refractivity contribution in [3.05, 3.63) is 28.5 Å². The molecule has 1 aromatic heterocycles. The molecular weight excluding hydrogens is 270 g/mol. The molecule has 1 unspecified atom stereocenters. The Morgan fingerprint density at radius 3 is 3.06 bits per heavy atom. The Kier molecular flexibility index (Phi) is 4.93. The topological polar surface area (TPSA) is 65.8 Å². The van der Waals surface area contributed by atoms with E-state index < -0.39 is 6.04 Å². The molecule has 0 saturated carbocycles. The highest BCUT2D eigenvalue weighted by molar-refractivity contribution is 9.10. The molecule has 1 amide bonds. The van der Waals surface area contributed by atoms with E-state index in [0.717, 1.165) is 6.42 Å². The second-order valence-corrected chi connectivity index (χ2v) is 4.04. The van der Waals surface area contributed by atoms with Crippen LogP contribution in [0.5, 0.6) is 0 Å². The average Bonchev–Trinajstić information content (AvgIpc) is 2.28. The Hall–Kier alpha value is -1.41. The molecule has 1 rings (SSSR count). The normalized spacial score (nSPS) is 11.6. The molecule has 5 heteroatoms. The van der Waals surface area contributed by atoms with E-state index in [-0.39, 0.29) is 5.91 Å². The molecule has 0 radical (unpaired) electrons. The van der Waals surface area contributed by atoms with Crippen molar-refractivity contribution < 1.29 is 4.79 Å². The summed E-state index contributed by atoms with van der Waals surface area (Å²) in [5.74, 6) is -0.278. The summed E-state index contributed by atoms with van der Waals surface area (Å²) in [4.78, 5) is 15.7. The summed E-state index contributed by atoms with van der Waals surface area (Å²) >= 11 is 3.19. The highest BCUT2D eigenvalue weighted by atomic mass is 79.9. The van der Waals surface area contributed by atoms with Gasteiger partial charge in [0.1, 0.15) is 10.6 Å². The van der Waals surface area contributed by atoms with Crippen LogP contribution in [-0.2, 0) is 0 Å². The number of carbonyl (C=O) groups is 1. The number of carbonyl (C=O) groups excluding carboxylic acids is 1. The first-order valence-corrected chi connectivity index (χ1v) is 5.79. The van der Waals surface area contributed by atoms with Crippen molar-refractivity contribution in [1.29, 1.82) is 5.26 Å². The van der Waals surface area contributed by atoms with Crippen molar-refractivity contribution in [2.24, 2.45) is 0 Å². The summed E-state index contributed by atoms with van der Waals surface area (Å²) in [6.07, 6.45) is 3.10. The van der Waals surface area contributed by atoms with E-state index in [1.165, 1.54) is 0 Å². The molecule has 0 saturated heterocycles. The number of hydrogen-bond acceptors (Lipinski definition) is 3. The average molecular weight is 282 g/mol. The van der Waals surface area contributed by atoms with E-state index >= 15 is 0 Å². The maximum Gasteiger partial charge on any atom is 0.255 e. The van der Waals surface area contributed by atoms with Gasteiger partial charge < -0.3 is 5.32 Å². The third kappa shape index (κ3) is 3.31. The van der Waals surface area contributed by atoms with E-state index in [1.54, 1.807) is 18.3 Å². The number of nitrogens with one attached hydrogen (secondary N) is 1. The highest BCUT2D eigenvalue weighted by Crippen LogP contribution is 2.12. The second kappa shape index (κ2) is 6.23. The molecule has 84 valence electrons. The number of rotatable bonds is 4.